The Balaban J connectivity index is 1.39. The molecule has 3 aliphatic heterocycles. The van der Waals surface area contributed by atoms with Crippen LogP contribution in [-0.2, 0) is 178 Å². The highest BCUT2D eigenvalue weighted by molar-refractivity contribution is 5.90. The molecule has 3 saturated heterocycles. The molecule has 9 N–H and O–H groups in total. The van der Waals surface area contributed by atoms with Crippen molar-refractivity contribution in [3.05, 3.63) is 35.9 Å². The number of amides is 10. The SMILES string of the molecule is CC(=O)NC1C(C(=O)CCCC(=O)NCCCCC(=O)NCCN(CCNC(=O)CCCCNC(=O)CCCC(=O)C2OC(COC(C)=O)C(OC(C)=O)C(OC(C)=O)C2NC(C)=O)C(=O)CC[C@H](NC(=O)CCCCNC(=O)CCCC(=O)C2OC(COC(C)=O)C(OC(C)=O)C(OC(C)=O)C2NC(C)=O)C(=O)OCc2ccccc2)OC(COC(C)=O)C(OC(C)=O)C1OC(C)=O. The minimum Gasteiger partial charge on any atom is -0.463 e. The number of rotatable bonds is 58. The van der Waals surface area contributed by atoms with Crippen LogP contribution in [0.15, 0.2) is 30.3 Å². The van der Waals surface area contributed by atoms with E-state index in [0.717, 1.165) is 83.1 Å². The van der Waals surface area contributed by atoms with Gasteiger partial charge in [-0.25, -0.2) is 4.79 Å². The monoisotopic (exact) mass is 1900 g/mol. The van der Waals surface area contributed by atoms with Crippen LogP contribution >= 0.6 is 0 Å². The summed E-state index contributed by atoms with van der Waals surface area (Å²) in [4.78, 5) is 296. The molecule has 1 aromatic carbocycles. The highest BCUT2D eigenvalue weighted by Gasteiger charge is 2.56. The fourth-order valence-corrected chi connectivity index (χ4v) is 14.7. The van der Waals surface area contributed by atoms with Gasteiger partial charge >= 0.3 is 59.7 Å². The lowest BCUT2D eigenvalue weighted by Gasteiger charge is -2.44. The van der Waals surface area contributed by atoms with E-state index in [1.807, 2.05) is 0 Å². The fraction of sp³-hybridized carbons (Fsp3) is 0.670. The summed E-state index contributed by atoms with van der Waals surface area (Å²) in [6.45, 7) is 11.1. The predicted molar refractivity (Wildman–Crippen MR) is 459 cm³/mol. The number of hydrogen-bond donors (Lipinski definition) is 9. The first-order valence-electron chi connectivity index (χ1n) is 44.3. The summed E-state index contributed by atoms with van der Waals surface area (Å²) < 4.78 is 71.4. The predicted octanol–water partition coefficient (Wildman–Crippen LogP) is -0.771. The zero-order valence-corrected chi connectivity index (χ0v) is 77.7. The van der Waals surface area contributed by atoms with E-state index in [0.29, 0.717) is 18.4 Å². The molecule has 0 aliphatic carbocycles. The third-order valence-electron chi connectivity index (χ3n) is 20.5. The lowest BCUT2D eigenvalue weighted by atomic mass is 9.88. The van der Waals surface area contributed by atoms with Gasteiger partial charge in [-0.2, -0.15) is 0 Å². The molecular weight excluding hydrogens is 1770 g/mol. The van der Waals surface area contributed by atoms with Crippen LogP contribution in [0.25, 0.3) is 0 Å². The van der Waals surface area contributed by atoms with Gasteiger partial charge in [0.2, 0.25) is 59.1 Å². The number of Topliss-reactive ketones (excluding diaryl/α,β-unsaturated/α-hetero) is 3. The standard InChI is InChI=1S/C88H128N10O36/c1-49(99)94-76-79(132-66(46-122-52(4)102)82(126-55(7)105)85(76)129-58(10)108)63(111)27-22-33-71(116)89-38-19-16-30-69(114)92-41-43-98(44-42-93-70(115)31-17-20-39-90-72(117)34-23-28-64(112)80-77(95-50(2)100)86(130-59(11)109)83(127-56(8)106)67(133-80)47-123-53(5)103)75(120)37-36-62(88(121)125-45-61-25-14-13-15-26-61)97-74(119)32-18-21-40-91-73(118)35-24-29-65(113)81-78(96-51(3)101)87(131-60(12)110)84(128-57(9)107)68(134-81)48-124-54(6)104/h13-15,25-26,62,66-68,76-87H,16-24,27-48H2,1-12H3,(H,89,116)(H,90,117)(H,91,118)(H,92,114)(H,93,115)(H,94,99)(H,95,100)(H,96,101)(H,97,119)/t62-,66?,67?,68?,76?,77?,78?,79?,80?,81?,82?,83?,84?,85?,86?,87?/m0/s1. The summed E-state index contributed by atoms with van der Waals surface area (Å²) in [5.41, 5.74) is 0.606. The van der Waals surface area contributed by atoms with Crippen molar-refractivity contribution in [2.24, 2.45) is 0 Å². The quantitative estimate of drug-likeness (QED) is 0.0220. The molecule has 0 aromatic heterocycles. The molecule has 1 aromatic rings. The van der Waals surface area contributed by atoms with Crippen molar-refractivity contribution in [1.29, 1.82) is 0 Å². The Morgan fingerprint density at radius 1 is 0.313 bits per heavy atom. The molecule has 3 fully saturated rings. The van der Waals surface area contributed by atoms with E-state index in [-0.39, 0.29) is 168 Å². The number of nitrogens with one attached hydrogen (secondary N) is 9. The number of hydrogen-bond acceptors (Lipinski definition) is 36. The van der Waals surface area contributed by atoms with Gasteiger partial charge in [0, 0.05) is 193 Å². The van der Waals surface area contributed by atoms with Gasteiger partial charge in [-0.1, -0.05) is 30.3 Å². The maximum Gasteiger partial charge on any atom is 0.328 e. The molecule has 15 unspecified atom stereocenters. The Bertz CT molecular complexity index is 4070. The lowest BCUT2D eigenvalue weighted by Crippen LogP contribution is -2.67. The maximum absolute atomic E-state index is 14.3. The summed E-state index contributed by atoms with van der Waals surface area (Å²) in [6.07, 6.45) is -17.9. The van der Waals surface area contributed by atoms with Crippen molar-refractivity contribution < 1.29 is 172 Å². The lowest BCUT2D eigenvalue weighted by molar-refractivity contribution is -0.222. The molecule has 10 amide bonds. The first-order chi connectivity index (χ1) is 63.4. The van der Waals surface area contributed by atoms with Crippen molar-refractivity contribution in [3.63, 3.8) is 0 Å². The van der Waals surface area contributed by atoms with E-state index >= 15 is 0 Å². The Labute approximate surface area is 774 Å². The van der Waals surface area contributed by atoms with Gasteiger partial charge in [-0.05, 0) is 69.8 Å². The van der Waals surface area contributed by atoms with Crippen LogP contribution in [0.3, 0.4) is 0 Å². The Morgan fingerprint density at radius 3 is 0.888 bits per heavy atom. The number of ketones is 3. The van der Waals surface area contributed by atoms with Crippen molar-refractivity contribution in [3.8, 4) is 0 Å². The number of unbranched alkanes of at least 4 members (excludes halogenated alkanes) is 3. The topological polar surface area (TPSA) is 624 Å². The van der Waals surface area contributed by atoms with E-state index in [2.05, 4.69) is 47.9 Å². The van der Waals surface area contributed by atoms with Gasteiger partial charge in [-0.15, -0.1) is 0 Å². The number of benzene rings is 1. The molecule has 0 spiro atoms. The van der Waals surface area contributed by atoms with E-state index in [1.54, 1.807) is 30.3 Å². The summed E-state index contributed by atoms with van der Waals surface area (Å²) in [5.74, 6) is -15.5. The van der Waals surface area contributed by atoms with Crippen molar-refractivity contribution in [1.82, 2.24) is 52.8 Å². The Morgan fingerprint density at radius 2 is 0.597 bits per heavy atom. The van der Waals surface area contributed by atoms with E-state index in [1.165, 1.54) is 4.90 Å². The van der Waals surface area contributed by atoms with Gasteiger partial charge in [0.15, 0.2) is 54.0 Å². The van der Waals surface area contributed by atoms with Gasteiger partial charge in [0.25, 0.3) is 0 Å². The second-order valence-corrected chi connectivity index (χ2v) is 32.0. The van der Waals surface area contributed by atoms with Gasteiger partial charge in [0.05, 0.1) is 0 Å². The van der Waals surface area contributed by atoms with Crippen LogP contribution in [0.2, 0.25) is 0 Å². The smallest absolute Gasteiger partial charge is 0.328 e. The molecule has 46 heteroatoms. The van der Waals surface area contributed by atoms with Crippen molar-refractivity contribution in [2.45, 2.75) is 316 Å². The van der Waals surface area contributed by atoms with Crippen LogP contribution in [0, 0.1) is 0 Å². The second kappa shape index (κ2) is 60.6. The van der Waals surface area contributed by atoms with Crippen molar-refractivity contribution in [2.75, 3.05) is 65.6 Å². The average molecular weight is 1900 g/mol. The normalized spacial score (nSPS) is 21.2. The van der Waals surface area contributed by atoms with Crippen LogP contribution < -0.4 is 47.9 Å². The molecule has 0 radical (unpaired) electrons. The molecule has 134 heavy (non-hydrogen) atoms. The maximum atomic E-state index is 14.3. The van der Waals surface area contributed by atoms with Crippen LogP contribution in [0.1, 0.15) is 217 Å². The number of esters is 10. The summed E-state index contributed by atoms with van der Waals surface area (Å²) >= 11 is 0. The van der Waals surface area contributed by atoms with Crippen LogP contribution in [0.4, 0.5) is 0 Å². The second-order valence-electron chi connectivity index (χ2n) is 32.0. The van der Waals surface area contributed by atoms with Crippen LogP contribution in [-0.4, -0.2) is 304 Å². The highest BCUT2D eigenvalue weighted by atomic mass is 16.7. The third kappa shape index (κ3) is 44.4. The minimum absolute atomic E-state index is 0.0203. The first-order valence-corrected chi connectivity index (χ1v) is 44.3. The van der Waals surface area contributed by atoms with Gasteiger partial charge < -0.3 is 114 Å². The van der Waals surface area contributed by atoms with E-state index in [4.69, 9.17) is 61.6 Å². The van der Waals surface area contributed by atoms with Gasteiger partial charge in [0.1, 0.15) is 87.2 Å². The molecule has 0 saturated carbocycles. The number of ether oxygens (including phenoxy) is 13. The summed E-state index contributed by atoms with van der Waals surface area (Å²) in [5, 5.41) is 23.9. The number of nitrogens with zero attached hydrogens (tertiary/aromatic N) is 1. The molecule has 0 bridgehead atoms. The van der Waals surface area contributed by atoms with Crippen molar-refractivity contribution >= 4 is 136 Å². The number of carbonyl (C=O) groups is 23. The average Bonchev–Trinajstić information content (AvgIpc) is 0.787. The first kappa shape index (κ1) is 114. The summed E-state index contributed by atoms with van der Waals surface area (Å²) in [6, 6.07) is 3.08. The Hall–Kier alpha value is -12.5. The van der Waals surface area contributed by atoms with Crippen LogP contribution in [0.5, 0.6) is 0 Å². The fourth-order valence-electron chi connectivity index (χ4n) is 14.7. The molecule has 16 atom stereocenters. The zero-order chi connectivity index (χ0) is 99.7. The molecule has 746 valence electrons. The molecule has 3 aliphatic rings. The molecule has 3 heterocycles. The largest absolute Gasteiger partial charge is 0.463 e. The third-order valence-corrected chi connectivity index (χ3v) is 20.5. The summed E-state index contributed by atoms with van der Waals surface area (Å²) in [7, 11) is 0. The molecule has 46 nitrogen and oxygen atoms in total. The van der Waals surface area contributed by atoms with Gasteiger partial charge in [-0.3, -0.25) is 105 Å². The Kier molecular flexibility index (Phi) is 51.5. The zero-order valence-electron chi connectivity index (χ0n) is 77.7. The van der Waals surface area contributed by atoms with E-state index in [9.17, 15) is 110 Å². The number of carbonyl (C=O) groups excluding carboxylic acids is 23. The highest BCUT2D eigenvalue weighted by Crippen LogP contribution is 2.33. The van der Waals surface area contributed by atoms with E-state index < -0.39 is 253 Å². The minimum atomic E-state index is -1.52. The molecular formula is C88H128N10O36. The molecule has 4 rings (SSSR count).